The van der Waals surface area contributed by atoms with E-state index >= 15 is 0 Å². The van der Waals surface area contributed by atoms with Gasteiger partial charge in [-0.25, -0.2) is 0 Å². The van der Waals surface area contributed by atoms with E-state index in [4.69, 9.17) is 14.7 Å². The average molecular weight is 340 g/mol. The molecule has 1 aliphatic heterocycles. The Morgan fingerprint density at radius 1 is 1.36 bits per heavy atom. The van der Waals surface area contributed by atoms with Crippen molar-refractivity contribution in [2.24, 2.45) is 0 Å². The molecule has 0 radical (unpaired) electrons. The molecule has 1 fully saturated rings. The third-order valence-electron chi connectivity index (χ3n) is 4.25. The van der Waals surface area contributed by atoms with Gasteiger partial charge in [0, 0.05) is 25.8 Å². The molecule has 0 N–H and O–H groups in total. The zero-order chi connectivity index (χ0) is 17.5. The second-order valence-electron chi connectivity index (χ2n) is 6.37. The number of nitrogens with zero attached hydrogens (tertiary/aromatic N) is 4. The van der Waals surface area contributed by atoms with E-state index in [1.807, 2.05) is 36.1 Å². The van der Waals surface area contributed by atoms with Gasteiger partial charge in [-0.1, -0.05) is 0 Å². The Morgan fingerprint density at radius 2 is 2.20 bits per heavy atom. The molecule has 0 bridgehead atoms. The molecule has 132 valence electrons. The predicted molar refractivity (Wildman–Crippen MR) is 94.4 cm³/mol. The number of benzene rings is 1. The first-order valence-electron chi connectivity index (χ1n) is 8.69. The number of morpholine rings is 1. The van der Waals surface area contributed by atoms with Crippen molar-refractivity contribution in [3.05, 3.63) is 47.8 Å². The molecule has 2 heterocycles. The molecule has 0 unspecified atom stereocenters. The van der Waals surface area contributed by atoms with Gasteiger partial charge >= 0.3 is 0 Å². The van der Waals surface area contributed by atoms with Crippen LogP contribution >= 0.6 is 0 Å². The van der Waals surface area contributed by atoms with Crippen LogP contribution in [0.1, 0.15) is 17.5 Å². The topological polar surface area (TPSA) is 63.3 Å². The molecule has 6 heteroatoms. The zero-order valence-electron chi connectivity index (χ0n) is 14.6. The number of aryl methyl sites for hydroxylation is 1. The first-order chi connectivity index (χ1) is 12.2. The van der Waals surface area contributed by atoms with Gasteiger partial charge < -0.3 is 9.47 Å². The van der Waals surface area contributed by atoms with Crippen molar-refractivity contribution in [3.63, 3.8) is 0 Å². The highest BCUT2D eigenvalue weighted by Gasteiger charge is 2.20. The number of aromatic nitrogens is 2. The smallest absolute Gasteiger partial charge is 0.119 e. The Labute approximate surface area is 148 Å². The van der Waals surface area contributed by atoms with E-state index in [1.165, 1.54) is 5.56 Å². The minimum absolute atomic E-state index is 0.187. The lowest BCUT2D eigenvalue weighted by molar-refractivity contribution is -0.0383. The number of ether oxygens (including phenoxy) is 2. The summed E-state index contributed by atoms with van der Waals surface area (Å²) in [5, 5.41) is 13.1. The van der Waals surface area contributed by atoms with Crippen LogP contribution < -0.4 is 4.74 Å². The molecule has 2 aromatic rings. The lowest BCUT2D eigenvalue weighted by Gasteiger charge is -2.32. The summed E-state index contributed by atoms with van der Waals surface area (Å²) < 4.78 is 13.6. The molecule has 3 rings (SSSR count). The molecule has 0 aliphatic carbocycles. The second kappa shape index (κ2) is 8.65. The van der Waals surface area contributed by atoms with Gasteiger partial charge in [0.15, 0.2) is 0 Å². The molecular formula is C19H24N4O2. The summed E-state index contributed by atoms with van der Waals surface area (Å²) >= 11 is 0. The van der Waals surface area contributed by atoms with Crippen LogP contribution in [0.15, 0.2) is 36.7 Å². The van der Waals surface area contributed by atoms with Gasteiger partial charge in [-0.2, -0.15) is 10.4 Å². The van der Waals surface area contributed by atoms with Gasteiger partial charge in [-0.15, -0.1) is 0 Å². The predicted octanol–water partition coefficient (Wildman–Crippen LogP) is 2.23. The molecule has 1 atom stereocenters. The van der Waals surface area contributed by atoms with Crippen molar-refractivity contribution in [1.29, 1.82) is 5.26 Å². The van der Waals surface area contributed by atoms with Crippen LogP contribution in [0.25, 0.3) is 0 Å². The minimum atomic E-state index is 0.187. The van der Waals surface area contributed by atoms with E-state index < -0.39 is 0 Å². The molecule has 0 saturated carbocycles. The Bertz CT molecular complexity index is 705. The van der Waals surface area contributed by atoms with Crippen molar-refractivity contribution in [2.75, 3.05) is 32.8 Å². The number of hydrogen-bond acceptors (Lipinski definition) is 5. The van der Waals surface area contributed by atoms with Crippen LogP contribution in [0.4, 0.5) is 0 Å². The Kier molecular flexibility index (Phi) is 6.04. The van der Waals surface area contributed by atoms with E-state index in [-0.39, 0.29) is 6.10 Å². The fourth-order valence-corrected chi connectivity index (χ4v) is 2.97. The third-order valence-corrected chi connectivity index (χ3v) is 4.25. The van der Waals surface area contributed by atoms with Crippen molar-refractivity contribution >= 4 is 0 Å². The summed E-state index contributed by atoms with van der Waals surface area (Å²) in [6, 6.07) is 9.35. The van der Waals surface area contributed by atoms with Crippen molar-refractivity contribution in [1.82, 2.24) is 14.7 Å². The first kappa shape index (κ1) is 17.5. The van der Waals surface area contributed by atoms with E-state index in [9.17, 15) is 0 Å². The first-order valence-corrected chi connectivity index (χ1v) is 8.69. The zero-order valence-corrected chi connectivity index (χ0v) is 14.6. The van der Waals surface area contributed by atoms with Crippen LogP contribution in [0, 0.1) is 18.3 Å². The molecule has 1 aliphatic rings. The van der Waals surface area contributed by atoms with Crippen LogP contribution in [-0.4, -0.2) is 53.6 Å². The Morgan fingerprint density at radius 3 is 2.92 bits per heavy atom. The normalized spacial score (nSPS) is 18.0. The van der Waals surface area contributed by atoms with E-state index in [2.05, 4.69) is 16.1 Å². The van der Waals surface area contributed by atoms with Gasteiger partial charge in [-0.3, -0.25) is 9.58 Å². The van der Waals surface area contributed by atoms with E-state index in [1.54, 1.807) is 12.1 Å². The second-order valence-corrected chi connectivity index (χ2v) is 6.37. The Balaban J connectivity index is 1.37. The number of rotatable bonds is 7. The molecule has 0 amide bonds. The van der Waals surface area contributed by atoms with Crippen LogP contribution in [0.3, 0.4) is 0 Å². The molecule has 1 aromatic carbocycles. The standard InChI is InChI=1S/C19H24N4O2/c1-16-12-21-23(13-16)15-19-14-22(8-10-25-19)7-2-9-24-18-5-3-17(11-20)4-6-18/h3-6,12-13,19H,2,7-10,14-15H2,1H3/t19-/m1/s1. The molecule has 1 saturated heterocycles. The molecular weight excluding hydrogens is 316 g/mol. The summed E-state index contributed by atoms with van der Waals surface area (Å²) in [5.41, 5.74) is 1.83. The maximum absolute atomic E-state index is 8.79. The van der Waals surface area contributed by atoms with E-state index in [0.29, 0.717) is 12.2 Å². The van der Waals surface area contributed by atoms with Crippen molar-refractivity contribution in [2.45, 2.75) is 26.0 Å². The van der Waals surface area contributed by atoms with Gasteiger partial charge in [0.1, 0.15) is 5.75 Å². The maximum atomic E-state index is 8.79. The van der Waals surface area contributed by atoms with Gasteiger partial charge in [-0.05, 0) is 43.2 Å². The molecule has 0 spiro atoms. The van der Waals surface area contributed by atoms with Crippen molar-refractivity contribution in [3.8, 4) is 11.8 Å². The Hall–Kier alpha value is -2.36. The summed E-state index contributed by atoms with van der Waals surface area (Å²) in [4.78, 5) is 2.42. The number of nitriles is 1. The van der Waals surface area contributed by atoms with Gasteiger partial charge in [0.2, 0.25) is 0 Å². The van der Waals surface area contributed by atoms with Crippen molar-refractivity contribution < 1.29 is 9.47 Å². The van der Waals surface area contributed by atoms with Crippen LogP contribution in [0.5, 0.6) is 5.75 Å². The summed E-state index contributed by atoms with van der Waals surface area (Å²) in [7, 11) is 0. The highest BCUT2D eigenvalue weighted by molar-refractivity contribution is 5.34. The molecule has 1 aromatic heterocycles. The minimum Gasteiger partial charge on any atom is -0.494 e. The fourth-order valence-electron chi connectivity index (χ4n) is 2.97. The largest absolute Gasteiger partial charge is 0.494 e. The highest BCUT2D eigenvalue weighted by Crippen LogP contribution is 2.12. The van der Waals surface area contributed by atoms with E-state index in [0.717, 1.165) is 45.0 Å². The lowest BCUT2D eigenvalue weighted by atomic mass is 10.2. The third kappa shape index (κ3) is 5.31. The SMILES string of the molecule is Cc1cnn(C[C@H]2CN(CCCOc3ccc(C#N)cc3)CCO2)c1. The highest BCUT2D eigenvalue weighted by atomic mass is 16.5. The summed E-state index contributed by atoms with van der Waals surface area (Å²) in [6.07, 6.45) is 5.08. The monoisotopic (exact) mass is 340 g/mol. The lowest BCUT2D eigenvalue weighted by Crippen LogP contribution is -2.44. The quantitative estimate of drug-likeness (QED) is 0.723. The maximum Gasteiger partial charge on any atom is 0.119 e. The summed E-state index contributed by atoms with van der Waals surface area (Å²) in [5.74, 6) is 0.813. The fraction of sp³-hybridized carbons (Fsp3) is 0.474. The summed E-state index contributed by atoms with van der Waals surface area (Å²) in [6.45, 7) is 7.17. The van der Waals surface area contributed by atoms with Gasteiger partial charge in [0.05, 0.1) is 43.7 Å². The van der Waals surface area contributed by atoms with Crippen LogP contribution in [0.2, 0.25) is 0 Å². The molecule has 6 nitrogen and oxygen atoms in total. The average Bonchev–Trinajstić information content (AvgIpc) is 3.04. The number of hydrogen-bond donors (Lipinski definition) is 0. The molecule has 25 heavy (non-hydrogen) atoms. The van der Waals surface area contributed by atoms with Gasteiger partial charge in [0.25, 0.3) is 0 Å². The van der Waals surface area contributed by atoms with Crippen LogP contribution in [-0.2, 0) is 11.3 Å².